The molecule has 1 N–H and O–H groups in total. The van der Waals surface area contributed by atoms with Crippen molar-refractivity contribution in [3.8, 4) is 0 Å². The number of rotatable bonds is 9. The highest BCUT2D eigenvalue weighted by molar-refractivity contribution is 7.89. The fourth-order valence-electron chi connectivity index (χ4n) is 2.97. The summed E-state index contributed by atoms with van der Waals surface area (Å²) >= 11 is 0. The van der Waals surface area contributed by atoms with Crippen LogP contribution in [-0.4, -0.2) is 31.2 Å². The second-order valence-electron chi connectivity index (χ2n) is 7.33. The Morgan fingerprint density at radius 2 is 1.54 bits per heavy atom. The first-order valence-electron chi connectivity index (χ1n) is 9.64. The first-order chi connectivity index (χ1) is 13.2. The van der Waals surface area contributed by atoms with Crippen molar-refractivity contribution in [2.24, 2.45) is 0 Å². The minimum Gasteiger partial charge on any atom is -0.353 e. The van der Waals surface area contributed by atoms with E-state index in [0.717, 1.165) is 29.5 Å². The number of amides is 1. The largest absolute Gasteiger partial charge is 0.353 e. The van der Waals surface area contributed by atoms with Crippen LogP contribution in [0, 0.1) is 13.8 Å². The molecule has 0 spiro atoms. The quantitative estimate of drug-likeness (QED) is 0.694. The minimum absolute atomic E-state index is 0.0146. The van der Waals surface area contributed by atoms with Crippen LogP contribution < -0.4 is 5.32 Å². The summed E-state index contributed by atoms with van der Waals surface area (Å²) in [5.41, 5.74) is 2.92. The van der Waals surface area contributed by atoms with Gasteiger partial charge in [0.25, 0.3) is 0 Å². The zero-order valence-electron chi connectivity index (χ0n) is 17.1. The molecule has 1 amide bonds. The van der Waals surface area contributed by atoms with Crippen molar-refractivity contribution in [3.05, 3.63) is 65.2 Å². The summed E-state index contributed by atoms with van der Waals surface area (Å²) in [6, 6.07) is 14.4. The summed E-state index contributed by atoms with van der Waals surface area (Å²) in [6.07, 6.45) is 1.81. The smallest absolute Gasteiger partial charge is 0.243 e. The summed E-state index contributed by atoms with van der Waals surface area (Å²) < 4.78 is 27.7. The monoisotopic (exact) mass is 402 g/mol. The lowest BCUT2D eigenvalue weighted by Crippen LogP contribution is -2.43. The van der Waals surface area contributed by atoms with Crippen LogP contribution in [-0.2, 0) is 21.4 Å². The molecule has 0 saturated carbocycles. The lowest BCUT2D eigenvalue weighted by molar-refractivity contribution is -0.122. The Hall–Kier alpha value is -2.18. The van der Waals surface area contributed by atoms with Crippen molar-refractivity contribution in [3.63, 3.8) is 0 Å². The van der Waals surface area contributed by atoms with Crippen LogP contribution in [0.4, 0.5) is 0 Å². The second kappa shape index (κ2) is 9.85. The Kier molecular flexibility index (Phi) is 7.78. The van der Waals surface area contributed by atoms with Gasteiger partial charge in [-0.15, -0.1) is 0 Å². The second-order valence-corrected chi connectivity index (χ2v) is 9.27. The minimum atomic E-state index is -3.80. The van der Waals surface area contributed by atoms with Crippen LogP contribution in [0.25, 0.3) is 0 Å². The van der Waals surface area contributed by atoms with Crippen molar-refractivity contribution < 1.29 is 13.2 Å². The van der Waals surface area contributed by atoms with E-state index in [1.165, 1.54) is 4.31 Å². The normalized spacial score (nSPS) is 12.8. The van der Waals surface area contributed by atoms with Crippen LogP contribution in [0.2, 0.25) is 0 Å². The molecule has 2 aromatic rings. The Morgan fingerprint density at radius 1 is 1.00 bits per heavy atom. The van der Waals surface area contributed by atoms with Gasteiger partial charge in [0.1, 0.15) is 0 Å². The summed E-state index contributed by atoms with van der Waals surface area (Å²) in [5.74, 6) is -0.288. The number of hydrogen-bond acceptors (Lipinski definition) is 3. The molecule has 0 bridgehead atoms. The number of aryl methyl sites for hydroxylation is 2. The molecule has 0 aliphatic rings. The zero-order valence-corrected chi connectivity index (χ0v) is 17.9. The van der Waals surface area contributed by atoms with E-state index in [1.807, 2.05) is 52.0 Å². The summed E-state index contributed by atoms with van der Waals surface area (Å²) in [5, 5.41) is 2.89. The molecule has 0 fully saturated rings. The maximum Gasteiger partial charge on any atom is 0.243 e. The number of hydrogen-bond donors (Lipinski definition) is 1. The third-order valence-corrected chi connectivity index (χ3v) is 6.39. The van der Waals surface area contributed by atoms with Crippen LogP contribution in [0.5, 0.6) is 0 Å². The number of nitrogens with zero attached hydrogens (tertiary/aromatic N) is 1. The molecule has 0 aliphatic carbocycles. The Bertz CT molecular complexity index is 875. The van der Waals surface area contributed by atoms with Crippen molar-refractivity contribution in [1.82, 2.24) is 9.62 Å². The molecule has 0 aliphatic heterocycles. The van der Waals surface area contributed by atoms with E-state index in [9.17, 15) is 13.2 Å². The Balaban J connectivity index is 2.27. The van der Waals surface area contributed by atoms with Gasteiger partial charge in [0.05, 0.1) is 11.4 Å². The molecule has 5 nitrogen and oxygen atoms in total. The molecule has 1 atom stereocenters. The maximum absolute atomic E-state index is 13.2. The molecule has 0 heterocycles. The molecular weight excluding hydrogens is 372 g/mol. The molecule has 2 aromatic carbocycles. The molecule has 152 valence electrons. The third-order valence-electron chi connectivity index (χ3n) is 4.59. The molecule has 0 aromatic heterocycles. The van der Waals surface area contributed by atoms with E-state index in [-0.39, 0.29) is 29.9 Å². The lowest BCUT2D eigenvalue weighted by atomic mass is 10.1. The van der Waals surface area contributed by atoms with Gasteiger partial charge in [0.2, 0.25) is 15.9 Å². The van der Waals surface area contributed by atoms with Crippen LogP contribution in [0.3, 0.4) is 0 Å². The van der Waals surface area contributed by atoms with Gasteiger partial charge in [0.15, 0.2) is 0 Å². The third kappa shape index (κ3) is 6.17. The van der Waals surface area contributed by atoms with Gasteiger partial charge in [-0.25, -0.2) is 8.42 Å². The van der Waals surface area contributed by atoms with Crippen LogP contribution in [0.15, 0.2) is 53.4 Å². The molecule has 0 saturated heterocycles. The number of carbonyl (C=O) groups is 1. The lowest BCUT2D eigenvalue weighted by Gasteiger charge is -2.23. The van der Waals surface area contributed by atoms with Crippen molar-refractivity contribution in [2.75, 3.05) is 6.54 Å². The van der Waals surface area contributed by atoms with Gasteiger partial charge in [-0.2, -0.15) is 4.31 Å². The van der Waals surface area contributed by atoms with E-state index >= 15 is 0 Å². The van der Waals surface area contributed by atoms with Crippen LogP contribution >= 0.6 is 0 Å². The fourth-order valence-corrected chi connectivity index (χ4v) is 4.35. The van der Waals surface area contributed by atoms with Gasteiger partial charge in [-0.3, -0.25) is 4.79 Å². The fraction of sp³-hybridized carbons (Fsp3) is 0.409. The number of benzene rings is 2. The molecule has 2 rings (SSSR count). The predicted octanol–water partition coefficient (Wildman–Crippen LogP) is 3.80. The van der Waals surface area contributed by atoms with Gasteiger partial charge in [-0.1, -0.05) is 60.9 Å². The van der Waals surface area contributed by atoms with E-state index in [4.69, 9.17) is 0 Å². The van der Waals surface area contributed by atoms with Gasteiger partial charge in [0, 0.05) is 12.6 Å². The number of nitrogens with one attached hydrogen (secondary N) is 1. The van der Waals surface area contributed by atoms with Gasteiger partial charge >= 0.3 is 0 Å². The highest BCUT2D eigenvalue weighted by Crippen LogP contribution is 2.19. The molecule has 0 radical (unpaired) electrons. The topological polar surface area (TPSA) is 66.5 Å². The molecule has 28 heavy (non-hydrogen) atoms. The van der Waals surface area contributed by atoms with E-state index in [1.54, 1.807) is 24.3 Å². The number of carbonyl (C=O) groups excluding carboxylic acids is 1. The van der Waals surface area contributed by atoms with E-state index < -0.39 is 10.0 Å². The Morgan fingerprint density at radius 3 is 2.07 bits per heavy atom. The highest BCUT2D eigenvalue weighted by atomic mass is 32.2. The van der Waals surface area contributed by atoms with Crippen molar-refractivity contribution in [2.45, 2.75) is 58.0 Å². The summed E-state index contributed by atoms with van der Waals surface area (Å²) in [6.45, 7) is 7.80. The first kappa shape index (κ1) is 22.1. The first-order valence-corrected chi connectivity index (χ1v) is 11.1. The summed E-state index contributed by atoms with van der Waals surface area (Å²) in [7, 11) is -3.80. The standard InChI is InChI=1S/C22H30N2O3S/c1-5-6-19(4)23-22(25)16-24(15-20-11-7-17(2)8-12-20)28(26,27)21-13-9-18(3)10-14-21/h7-14,19H,5-6,15-16H2,1-4H3,(H,23,25)/t19-/m1/s1. The maximum atomic E-state index is 13.2. The number of sulfonamides is 1. The highest BCUT2D eigenvalue weighted by Gasteiger charge is 2.27. The molecule has 6 heteroatoms. The Labute approximate surface area is 168 Å². The van der Waals surface area contributed by atoms with Gasteiger partial charge < -0.3 is 5.32 Å². The average Bonchev–Trinajstić information content (AvgIpc) is 2.63. The SMILES string of the molecule is CCC[C@@H](C)NC(=O)CN(Cc1ccc(C)cc1)S(=O)(=O)c1ccc(C)cc1. The average molecular weight is 403 g/mol. The zero-order chi connectivity index (χ0) is 20.7. The van der Waals surface area contributed by atoms with Gasteiger partial charge in [-0.05, 0) is 44.9 Å². The van der Waals surface area contributed by atoms with Crippen molar-refractivity contribution >= 4 is 15.9 Å². The molecule has 0 unspecified atom stereocenters. The van der Waals surface area contributed by atoms with E-state index in [2.05, 4.69) is 5.32 Å². The summed E-state index contributed by atoms with van der Waals surface area (Å²) in [4.78, 5) is 12.7. The predicted molar refractivity (Wildman–Crippen MR) is 112 cm³/mol. The van der Waals surface area contributed by atoms with Crippen molar-refractivity contribution in [1.29, 1.82) is 0 Å². The van der Waals surface area contributed by atoms with E-state index in [0.29, 0.717) is 0 Å². The van der Waals surface area contributed by atoms with Crippen LogP contribution in [0.1, 0.15) is 43.4 Å². The molecular formula is C22H30N2O3S.